The normalized spacial score (nSPS) is 9.52. The fourth-order valence-electron chi connectivity index (χ4n) is 1.96. The summed E-state index contributed by atoms with van der Waals surface area (Å²) in [4.78, 5) is 22.8. The average molecular weight is 340 g/mol. The third kappa shape index (κ3) is 5.99. The lowest BCUT2D eigenvalue weighted by molar-refractivity contribution is -0.114. The molecule has 2 aromatic rings. The zero-order valence-electron chi connectivity index (χ0n) is 13.6. The highest BCUT2D eigenvalue weighted by molar-refractivity contribution is 5.94. The van der Waals surface area contributed by atoms with Gasteiger partial charge in [-0.25, -0.2) is 4.39 Å². The maximum absolute atomic E-state index is 13.4. The molecule has 0 aromatic heterocycles. The van der Waals surface area contributed by atoms with Crippen LogP contribution in [0.4, 0.5) is 10.1 Å². The fraction of sp³-hybridized carbons (Fsp3) is 0.158. The number of anilines is 1. The van der Waals surface area contributed by atoms with Gasteiger partial charge < -0.3 is 15.4 Å². The van der Waals surface area contributed by atoms with E-state index in [0.717, 1.165) is 0 Å². The van der Waals surface area contributed by atoms with Gasteiger partial charge in [0.1, 0.15) is 18.2 Å². The number of rotatable bonds is 5. The smallest absolute Gasteiger partial charge is 0.255 e. The van der Waals surface area contributed by atoms with Crippen LogP contribution in [0.15, 0.2) is 48.5 Å². The Morgan fingerprint density at radius 2 is 1.92 bits per heavy atom. The fourth-order valence-corrected chi connectivity index (χ4v) is 1.96. The van der Waals surface area contributed by atoms with Gasteiger partial charge in [-0.3, -0.25) is 9.59 Å². The van der Waals surface area contributed by atoms with Gasteiger partial charge in [-0.15, -0.1) is 0 Å². The first kappa shape index (κ1) is 18.0. The Kier molecular flexibility index (Phi) is 6.55. The van der Waals surface area contributed by atoms with Crippen molar-refractivity contribution in [2.75, 3.05) is 18.5 Å². The van der Waals surface area contributed by atoms with E-state index >= 15 is 0 Å². The molecule has 0 spiro atoms. The van der Waals surface area contributed by atoms with Crippen molar-refractivity contribution in [3.8, 4) is 17.6 Å². The number of ether oxygens (including phenoxy) is 1. The first-order valence-corrected chi connectivity index (χ1v) is 7.55. The predicted molar refractivity (Wildman–Crippen MR) is 92.7 cm³/mol. The van der Waals surface area contributed by atoms with Crippen molar-refractivity contribution in [3.63, 3.8) is 0 Å². The molecule has 0 aliphatic rings. The molecule has 0 saturated carbocycles. The van der Waals surface area contributed by atoms with Gasteiger partial charge in [0, 0.05) is 18.7 Å². The second kappa shape index (κ2) is 9.08. The number of carbonyl (C=O) groups is 2. The summed E-state index contributed by atoms with van der Waals surface area (Å²) < 4.78 is 18.9. The standard InChI is InChI=1S/C19H17FN2O3/c1-14(23)22-15-7-6-8-16(13-15)25-12-5-4-11-21-19(24)17-9-2-3-10-18(17)20/h2-3,6-10,13H,11-12H2,1H3,(H,21,24)(H,22,23). The third-order valence-corrected chi connectivity index (χ3v) is 3.05. The summed E-state index contributed by atoms with van der Waals surface area (Å²) in [5.41, 5.74) is 0.616. The van der Waals surface area contributed by atoms with E-state index in [-0.39, 0.29) is 24.6 Å². The Bertz CT molecular complexity index is 825. The van der Waals surface area contributed by atoms with Gasteiger partial charge in [-0.2, -0.15) is 0 Å². The molecular weight excluding hydrogens is 323 g/mol. The van der Waals surface area contributed by atoms with Crippen molar-refractivity contribution in [2.45, 2.75) is 6.92 Å². The molecule has 0 bridgehead atoms. The third-order valence-electron chi connectivity index (χ3n) is 3.05. The molecule has 0 radical (unpaired) electrons. The van der Waals surface area contributed by atoms with E-state index in [1.807, 2.05) is 0 Å². The molecule has 2 rings (SSSR count). The van der Waals surface area contributed by atoms with Crippen LogP contribution in [0, 0.1) is 17.7 Å². The first-order chi connectivity index (χ1) is 12.1. The van der Waals surface area contributed by atoms with E-state index in [9.17, 15) is 14.0 Å². The quantitative estimate of drug-likeness (QED) is 0.822. The molecular formula is C19H17FN2O3. The van der Waals surface area contributed by atoms with Gasteiger partial charge in [-0.05, 0) is 24.3 Å². The molecule has 0 heterocycles. The lowest BCUT2D eigenvalue weighted by Gasteiger charge is -2.05. The summed E-state index contributed by atoms with van der Waals surface area (Å²) in [6, 6.07) is 12.7. The van der Waals surface area contributed by atoms with E-state index < -0.39 is 11.7 Å². The summed E-state index contributed by atoms with van der Waals surface area (Å²) in [5, 5.41) is 5.17. The summed E-state index contributed by atoms with van der Waals surface area (Å²) in [6.45, 7) is 1.64. The van der Waals surface area contributed by atoms with Crippen LogP contribution >= 0.6 is 0 Å². The van der Waals surface area contributed by atoms with E-state index in [0.29, 0.717) is 11.4 Å². The highest BCUT2D eigenvalue weighted by Gasteiger charge is 2.08. The van der Waals surface area contributed by atoms with Crippen molar-refractivity contribution in [3.05, 3.63) is 59.9 Å². The topological polar surface area (TPSA) is 67.4 Å². The van der Waals surface area contributed by atoms with Crippen molar-refractivity contribution < 1.29 is 18.7 Å². The lowest BCUT2D eigenvalue weighted by atomic mass is 10.2. The van der Waals surface area contributed by atoms with E-state index in [1.165, 1.54) is 25.1 Å². The zero-order valence-corrected chi connectivity index (χ0v) is 13.6. The van der Waals surface area contributed by atoms with Gasteiger partial charge in [-0.1, -0.05) is 30.0 Å². The van der Waals surface area contributed by atoms with Crippen LogP contribution in [-0.2, 0) is 4.79 Å². The first-order valence-electron chi connectivity index (χ1n) is 7.55. The van der Waals surface area contributed by atoms with E-state index in [1.54, 1.807) is 30.3 Å². The van der Waals surface area contributed by atoms with Crippen LogP contribution < -0.4 is 15.4 Å². The monoisotopic (exact) mass is 340 g/mol. The number of nitrogens with one attached hydrogen (secondary N) is 2. The Morgan fingerprint density at radius 1 is 1.12 bits per heavy atom. The molecule has 6 heteroatoms. The lowest BCUT2D eigenvalue weighted by Crippen LogP contribution is -2.24. The van der Waals surface area contributed by atoms with Crippen LogP contribution in [0.2, 0.25) is 0 Å². The van der Waals surface area contributed by atoms with Crippen molar-refractivity contribution in [1.29, 1.82) is 0 Å². The zero-order chi connectivity index (χ0) is 18.1. The second-order valence-corrected chi connectivity index (χ2v) is 5.01. The number of hydrogen-bond acceptors (Lipinski definition) is 3. The molecule has 5 nitrogen and oxygen atoms in total. The minimum Gasteiger partial charge on any atom is -0.481 e. The molecule has 0 aliphatic carbocycles. The molecule has 0 unspecified atom stereocenters. The molecule has 2 amide bonds. The van der Waals surface area contributed by atoms with Crippen LogP contribution in [0.1, 0.15) is 17.3 Å². The number of hydrogen-bond donors (Lipinski definition) is 2. The SMILES string of the molecule is CC(=O)Nc1cccc(OCC#CCNC(=O)c2ccccc2F)c1. The number of carbonyl (C=O) groups excluding carboxylic acids is 2. The van der Waals surface area contributed by atoms with Gasteiger partial charge in [0.15, 0.2) is 0 Å². The molecule has 0 atom stereocenters. The second-order valence-electron chi connectivity index (χ2n) is 5.01. The van der Waals surface area contributed by atoms with Gasteiger partial charge in [0.05, 0.1) is 12.1 Å². The predicted octanol–water partition coefficient (Wildman–Crippen LogP) is 2.60. The van der Waals surface area contributed by atoms with Crippen LogP contribution in [0.25, 0.3) is 0 Å². The van der Waals surface area contributed by atoms with Gasteiger partial charge in [0.25, 0.3) is 5.91 Å². The number of halogens is 1. The van der Waals surface area contributed by atoms with Crippen LogP contribution in [0.3, 0.4) is 0 Å². The largest absolute Gasteiger partial charge is 0.481 e. The number of benzene rings is 2. The van der Waals surface area contributed by atoms with Crippen molar-refractivity contribution >= 4 is 17.5 Å². The average Bonchev–Trinajstić information content (AvgIpc) is 2.58. The summed E-state index contributed by atoms with van der Waals surface area (Å²) >= 11 is 0. The van der Waals surface area contributed by atoms with E-state index in [2.05, 4.69) is 22.5 Å². The molecule has 128 valence electrons. The Morgan fingerprint density at radius 3 is 2.68 bits per heavy atom. The van der Waals surface area contributed by atoms with Crippen LogP contribution in [-0.4, -0.2) is 25.0 Å². The molecule has 2 N–H and O–H groups in total. The summed E-state index contributed by atoms with van der Waals surface area (Å²) in [7, 11) is 0. The maximum atomic E-state index is 13.4. The highest BCUT2D eigenvalue weighted by atomic mass is 19.1. The molecule has 25 heavy (non-hydrogen) atoms. The van der Waals surface area contributed by atoms with Crippen LogP contribution in [0.5, 0.6) is 5.75 Å². The summed E-state index contributed by atoms with van der Waals surface area (Å²) in [6.07, 6.45) is 0. The molecule has 0 fully saturated rings. The van der Waals surface area contributed by atoms with Gasteiger partial charge >= 0.3 is 0 Å². The van der Waals surface area contributed by atoms with Crippen molar-refractivity contribution in [2.24, 2.45) is 0 Å². The molecule has 2 aromatic carbocycles. The van der Waals surface area contributed by atoms with E-state index in [4.69, 9.17) is 4.74 Å². The Hall–Kier alpha value is -3.33. The minimum absolute atomic E-state index is 0.0182. The number of amides is 2. The Balaban J connectivity index is 1.77. The molecule has 0 saturated heterocycles. The van der Waals surface area contributed by atoms with Crippen molar-refractivity contribution in [1.82, 2.24) is 5.32 Å². The summed E-state index contributed by atoms with van der Waals surface area (Å²) in [5.74, 6) is 4.78. The highest BCUT2D eigenvalue weighted by Crippen LogP contribution is 2.16. The molecule has 0 aliphatic heterocycles. The minimum atomic E-state index is -0.574. The Labute approximate surface area is 145 Å². The maximum Gasteiger partial charge on any atom is 0.255 e. The van der Waals surface area contributed by atoms with Gasteiger partial charge in [0.2, 0.25) is 5.91 Å².